The van der Waals surface area contributed by atoms with E-state index in [0.29, 0.717) is 18.7 Å². The van der Waals surface area contributed by atoms with E-state index in [1.807, 2.05) is 63.2 Å². The van der Waals surface area contributed by atoms with Crippen molar-refractivity contribution in [3.8, 4) is 11.1 Å². The van der Waals surface area contributed by atoms with Crippen LogP contribution in [-0.2, 0) is 20.7 Å². The van der Waals surface area contributed by atoms with E-state index < -0.39 is 17.8 Å². The summed E-state index contributed by atoms with van der Waals surface area (Å²) >= 11 is 0. The second-order valence-corrected chi connectivity index (χ2v) is 10.5. The number of carbonyl (C=O) groups is 3. The van der Waals surface area contributed by atoms with Crippen LogP contribution in [0.4, 0.5) is 15.3 Å². The molecule has 0 saturated carbocycles. The number of hydrogen-bond acceptors (Lipinski definition) is 5. The summed E-state index contributed by atoms with van der Waals surface area (Å²) < 4.78 is 10.9. The third kappa shape index (κ3) is 7.16. The van der Waals surface area contributed by atoms with Gasteiger partial charge in [-0.05, 0) is 61.1 Å². The van der Waals surface area contributed by atoms with Crippen molar-refractivity contribution in [2.75, 3.05) is 32.1 Å². The van der Waals surface area contributed by atoms with Crippen LogP contribution in [0.2, 0.25) is 0 Å². The van der Waals surface area contributed by atoms with E-state index in [4.69, 9.17) is 9.47 Å². The Balaban J connectivity index is 1.26. The van der Waals surface area contributed by atoms with Crippen LogP contribution in [0.15, 0.2) is 72.8 Å². The summed E-state index contributed by atoms with van der Waals surface area (Å²) in [7, 11) is 1.67. The van der Waals surface area contributed by atoms with Crippen LogP contribution in [0.3, 0.4) is 0 Å². The summed E-state index contributed by atoms with van der Waals surface area (Å²) in [5, 5.41) is 5.37. The number of para-hydroxylation sites is 1. The van der Waals surface area contributed by atoms with Crippen LogP contribution in [0, 0.1) is 0 Å². The number of amides is 3. The summed E-state index contributed by atoms with van der Waals surface area (Å²) in [4.78, 5) is 38.8. The fourth-order valence-electron chi connectivity index (χ4n) is 4.58. The standard InChI is InChI=1S/C31H35N3O5/c1-31(2,3)39-30(37)34(4)18-17-21-11-5-10-16-27(21)33-28(35)19-32-29(36)38-20-26-24-14-8-6-12-22(24)23-13-7-9-15-25(23)26/h5-16,26H,17-20H2,1-4H3,(H,32,36)(H,33,35). The van der Waals surface area contributed by atoms with Crippen molar-refractivity contribution in [1.29, 1.82) is 0 Å². The number of hydrogen-bond donors (Lipinski definition) is 2. The molecule has 0 saturated heterocycles. The molecule has 8 heteroatoms. The molecule has 3 aromatic carbocycles. The van der Waals surface area contributed by atoms with Gasteiger partial charge in [-0.15, -0.1) is 0 Å². The Bertz CT molecular complexity index is 1300. The smallest absolute Gasteiger partial charge is 0.410 e. The monoisotopic (exact) mass is 529 g/mol. The molecule has 1 aliphatic carbocycles. The molecule has 0 aliphatic heterocycles. The van der Waals surface area contributed by atoms with Crippen molar-refractivity contribution in [2.24, 2.45) is 0 Å². The number of nitrogens with one attached hydrogen (secondary N) is 2. The molecule has 0 unspecified atom stereocenters. The Kier molecular flexibility index (Phi) is 8.54. The molecule has 0 bridgehead atoms. The Morgan fingerprint density at radius 1 is 0.872 bits per heavy atom. The number of alkyl carbamates (subject to hydrolysis) is 1. The highest BCUT2D eigenvalue weighted by molar-refractivity contribution is 5.94. The minimum Gasteiger partial charge on any atom is -0.449 e. The molecule has 3 aromatic rings. The van der Waals surface area contributed by atoms with Crippen molar-refractivity contribution < 1.29 is 23.9 Å². The summed E-state index contributed by atoms with van der Waals surface area (Å²) in [6, 6.07) is 23.6. The van der Waals surface area contributed by atoms with E-state index in [9.17, 15) is 14.4 Å². The third-order valence-corrected chi connectivity index (χ3v) is 6.45. The number of rotatable bonds is 8. The topological polar surface area (TPSA) is 97.0 Å². The zero-order valence-electron chi connectivity index (χ0n) is 22.8. The molecule has 39 heavy (non-hydrogen) atoms. The van der Waals surface area contributed by atoms with Gasteiger partial charge in [-0.25, -0.2) is 9.59 Å². The molecule has 0 spiro atoms. The maximum atomic E-state index is 12.6. The number of ether oxygens (including phenoxy) is 2. The van der Waals surface area contributed by atoms with Crippen LogP contribution >= 0.6 is 0 Å². The first-order valence-corrected chi connectivity index (χ1v) is 13.0. The number of fused-ring (bicyclic) bond motifs is 3. The molecule has 2 N–H and O–H groups in total. The van der Waals surface area contributed by atoms with Gasteiger partial charge in [-0.1, -0.05) is 66.7 Å². The molecule has 8 nitrogen and oxygen atoms in total. The predicted octanol–water partition coefficient (Wildman–Crippen LogP) is 5.57. The van der Waals surface area contributed by atoms with Crippen LogP contribution in [0.25, 0.3) is 11.1 Å². The van der Waals surface area contributed by atoms with Gasteiger partial charge in [-0.2, -0.15) is 0 Å². The molecule has 0 radical (unpaired) electrons. The van der Waals surface area contributed by atoms with Crippen LogP contribution in [0.1, 0.15) is 43.4 Å². The highest BCUT2D eigenvalue weighted by Crippen LogP contribution is 2.44. The van der Waals surface area contributed by atoms with Crippen LogP contribution in [0.5, 0.6) is 0 Å². The van der Waals surface area contributed by atoms with Crippen molar-refractivity contribution in [3.05, 3.63) is 89.5 Å². The maximum Gasteiger partial charge on any atom is 0.410 e. The SMILES string of the molecule is CN(CCc1ccccc1NC(=O)CNC(=O)OCC1c2ccccc2-c2ccccc21)C(=O)OC(C)(C)C. The lowest BCUT2D eigenvalue weighted by molar-refractivity contribution is -0.115. The highest BCUT2D eigenvalue weighted by atomic mass is 16.6. The van der Waals surface area contributed by atoms with Crippen molar-refractivity contribution in [2.45, 2.75) is 38.7 Å². The van der Waals surface area contributed by atoms with Crippen LogP contribution in [-0.4, -0.2) is 55.3 Å². The van der Waals surface area contributed by atoms with E-state index in [-0.39, 0.29) is 25.0 Å². The zero-order chi connectivity index (χ0) is 28.0. The van der Waals surface area contributed by atoms with Gasteiger partial charge in [0.2, 0.25) is 5.91 Å². The molecular weight excluding hydrogens is 494 g/mol. The Morgan fingerprint density at radius 2 is 1.46 bits per heavy atom. The largest absolute Gasteiger partial charge is 0.449 e. The fraction of sp³-hybridized carbons (Fsp3) is 0.323. The minimum absolute atomic E-state index is 0.0531. The predicted molar refractivity (Wildman–Crippen MR) is 151 cm³/mol. The van der Waals surface area contributed by atoms with E-state index in [2.05, 4.69) is 34.9 Å². The number of carbonyl (C=O) groups excluding carboxylic acids is 3. The third-order valence-electron chi connectivity index (χ3n) is 6.45. The first-order chi connectivity index (χ1) is 18.6. The molecule has 0 atom stereocenters. The average molecular weight is 530 g/mol. The molecule has 0 fully saturated rings. The lowest BCUT2D eigenvalue weighted by atomic mass is 9.98. The summed E-state index contributed by atoms with van der Waals surface area (Å²) in [6.07, 6.45) is -0.540. The fourth-order valence-corrected chi connectivity index (χ4v) is 4.58. The average Bonchev–Trinajstić information content (AvgIpc) is 3.22. The lowest BCUT2D eigenvalue weighted by Gasteiger charge is -2.24. The molecule has 0 heterocycles. The number of nitrogens with zero attached hydrogens (tertiary/aromatic N) is 1. The first kappa shape index (κ1) is 27.7. The minimum atomic E-state index is -0.653. The molecule has 4 rings (SSSR count). The summed E-state index contributed by atoms with van der Waals surface area (Å²) in [6.45, 7) is 5.82. The van der Waals surface area contributed by atoms with Crippen molar-refractivity contribution >= 4 is 23.8 Å². The summed E-state index contributed by atoms with van der Waals surface area (Å²) in [5.74, 6) is -0.431. The van der Waals surface area contributed by atoms with Gasteiger partial charge in [0, 0.05) is 25.2 Å². The van der Waals surface area contributed by atoms with E-state index >= 15 is 0 Å². The number of likely N-dealkylation sites (N-methyl/N-ethyl adjacent to an activating group) is 1. The molecule has 204 valence electrons. The molecule has 1 aliphatic rings. The van der Waals surface area contributed by atoms with E-state index in [1.165, 1.54) is 4.90 Å². The zero-order valence-corrected chi connectivity index (χ0v) is 22.8. The quantitative estimate of drug-likeness (QED) is 0.398. The normalized spacial score (nSPS) is 12.2. The molecular formula is C31H35N3O5. The second kappa shape index (κ2) is 12.0. The van der Waals surface area contributed by atoms with Gasteiger partial charge < -0.3 is 25.0 Å². The second-order valence-electron chi connectivity index (χ2n) is 10.5. The first-order valence-electron chi connectivity index (χ1n) is 13.0. The van der Waals surface area contributed by atoms with Gasteiger partial charge in [-0.3, -0.25) is 4.79 Å². The summed E-state index contributed by atoms with van der Waals surface area (Å²) in [5.41, 5.74) is 5.46. The van der Waals surface area contributed by atoms with Gasteiger partial charge in [0.15, 0.2) is 0 Å². The molecule has 0 aromatic heterocycles. The van der Waals surface area contributed by atoms with E-state index in [0.717, 1.165) is 27.8 Å². The lowest BCUT2D eigenvalue weighted by Crippen LogP contribution is -2.35. The van der Waals surface area contributed by atoms with E-state index in [1.54, 1.807) is 13.1 Å². The van der Waals surface area contributed by atoms with Crippen LogP contribution < -0.4 is 10.6 Å². The van der Waals surface area contributed by atoms with Gasteiger partial charge in [0.05, 0.1) is 0 Å². The number of anilines is 1. The van der Waals surface area contributed by atoms with Gasteiger partial charge in [0.25, 0.3) is 0 Å². The van der Waals surface area contributed by atoms with Crippen molar-refractivity contribution in [1.82, 2.24) is 10.2 Å². The van der Waals surface area contributed by atoms with Gasteiger partial charge in [0.1, 0.15) is 18.8 Å². The molecule has 3 amide bonds. The van der Waals surface area contributed by atoms with Gasteiger partial charge >= 0.3 is 12.2 Å². The van der Waals surface area contributed by atoms with Crippen molar-refractivity contribution in [3.63, 3.8) is 0 Å². The Morgan fingerprint density at radius 3 is 2.10 bits per heavy atom. The number of benzene rings is 3. The Labute approximate surface area is 229 Å². The maximum absolute atomic E-state index is 12.6. The highest BCUT2D eigenvalue weighted by Gasteiger charge is 2.29. The Hall–Kier alpha value is -4.33.